The zero-order chi connectivity index (χ0) is 15.9. The number of thioether (sulfide) groups is 1. The smallest absolute Gasteiger partial charge is 0.232 e. The Morgan fingerprint density at radius 3 is 2.61 bits per heavy atom. The highest BCUT2D eigenvalue weighted by molar-refractivity contribution is 7.99. The minimum Gasteiger partial charge on any atom is -0.381 e. The molecule has 2 aromatic rings. The van der Waals surface area contributed by atoms with Crippen LogP contribution in [0.15, 0.2) is 35.5 Å². The Morgan fingerprint density at radius 2 is 1.87 bits per heavy atom. The first-order valence-corrected chi connectivity index (χ1v) is 9.35. The van der Waals surface area contributed by atoms with Crippen LogP contribution in [-0.4, -0.2) is 46.8 Å². The van der Waals surface area contributed by atoms with Crippen LogP contribution in [0.5, 0.6) is 0 Å². The third-order valence-corrected chi connectivity index (χ3v) is 4.83. The van der Waals surface area contributed by atoms with Gasteiger partial charge in [0.05, 0.1) is 12.3 Å². The largest absolute Gasteiger partial charge is 0.381 e. The van der Waals surface area contributed by atoms with E-state index in [0.717, 1.165) is 48.8 Å². The third-order valence-electron chi connectivity index (χ3n) is 3.93. The number of nitrogens with zero attached hydrogens (tertiary/aromatic N) is 4. The normalized spacial score (nSPS) is 15.1. The second-order valence-electron chi connectivity index (χ2n) is 5.55. The molecular formula is C17H24N4OS. The van der Waals surface area contributed by atoms with Crippen LogP contribution in [0.4, 0.5) is 5.95 Å². The minimum atomic E-state index is 0.738. The van der Waals surface area contributed by atoms with Crippen LogP contribution < -0.4 is 4.90 Å². The molecule has 0 bridgehead atoms. The number of piperidine rings is 1. The first kappa shape index (κ1) is 16.3. The molecule has 3 rings (SSSR count). The Labute approximate surface area is 142 Å². The molecule has 23 heavy (non-hydrogen) atoms. The van der Waals surface area contributed by atoms with E-state index in [1.54, 1.807) is 11.8 Å². The Kier molecular flexibility index (Phi) is 5.93. The van der Waals surface area contributed by atoms with Gasteiger partial charge in [0.25, 0.3) is 0 Å². The van der Waals surface area contributed by atoms with Crippen molar-refractivity contribution in [1.82, 2.24) is 14.8 Å². The highest BCUT2D eigenvalue weighted by Crippen LogP contribution is 2.28. The van der Waals surface area contributed by atoms with Crippen LogP contribution >= 0.6 is 11.8 Å². The predicted octanol–water partition coefficient (Wildman–Crippen LogP) is 3.39. The van der Waals surface area contributed by atoms with Crippen molar-refractivity contribution >= 4 is 17.7 Å². The lowest BCUT2D eigenvalue weighted by molar-refractivity contribution is 0.164. The van der Waals surface area contributed by atoms with E-state index in [4.69, 9.17) is 4.74 Å². The summed E-state index contributed by atoms with van der Waals surface area (Å²) in [6.07, 6.45) is 3.77. The van der Waals surface area contributed by atoms with Crippen molar-refractivity contribution in [2.75, 3.05) is 37.0 Å². The van der Waals surface area contributed by atoms with Gasteiger partial charge in [0.15, 0.2) is 5.16 Å². The molecule has 0 radical (unpaired) electrons. The summed E-state index contributed by atoms with van der Waals surface area (Å²) in [6.45, 7) is 5.64. The quantitative estimate of drug-likeness (QED) is 0.574. The molecule has 0 unspecified atom stereocenters. The molecule has 1 aliphatic rings. The second-order valence-corrected chi connectivity index (χ2v) is 6.61. The number of ether oxygens (including phenoxy) is 1. The van der Waals surface area contributed by atoms with Crippen molar-refractivity contribution in [3.63, 3.8) is 0 Å². The van der Waals surface area contributed by atoms with E-state index < -0.39 is 0 Å². The van der Waals surface area contributed by atoms with E-state index in [2.05, 4.69) is 43.9 Å². The van der Waals surface area contributed by atoms with Crippen LogP contribution in [0.25, 0.3) is 5.69 Å². The van der Waals surface area contributed by atoms with E-state index in [-0.39, 0.29) is 0 Å². The molecule has 0 atom stereocenters. The maximum absolute atomic E-state index is 5.44. The molecule has 0 aliphatic carbocycles. The van der Waals surface area contributed by atoms with Crippen LogP contribution in [0, 0.1) is 0 Å². The average Bonchev–Trinajstić information content (AvgIpc) is 3.04. The lowest BCUT2D eigenvalue weighted by Crippen LogP contribution is -2.31. The van der Waals surface area contributed by atoms with Gasteiger partial charge in [-0.2, -0.15) is 0 Å². The Morgan fingerprint density at radius 1 is 1.09 bits per heavy atom. The minimum absolute atomic E-state index is 0.738. The molecule has 6 heteroatoms. The number of aromatic nitrogens is 3. The van der Waals surface area contributed by atoms with Gasteiger partial charge in [-0.3, -0.25) is 4.57 Å². The van der Waals surface area contributed by atoms with Crippen molar-refractivity contribution in [2.24, 2.45) is 0 Å². The van der Waals surface area contributed by atoms with Crippen molar-refractivity contribution in [3.05, 3.63) is 30.3 Å². The summed E-state index contributed by atoms with van der Waals surface area (Å²) in [4.78, 5) is 2.36. The monoisotopic (exact) mass is 332 g/mol. The fourth-order valence-corrected chi connectivity index (χ4v) is 3.59. The molecule has 0 N–H and O–H groups in total. The van der Waals surface area contributed by atoms with Crippen LogP contribution in [0.2, 0.25) is 0 Å². The number of benzene rings is 1. The van der Waals surface area contributed by atoms with Gasteiger partial charge in [-0.1, -0.05) is 30.0 Å². The van der Waals surface area contributed by atoms with E-state index in [1.807, 2.05) is 13.0 Å². The molecule has 5 nitrogen and oxygen atoms in total. The second kappa shape index (κ2) is 8.36. The first-order valence-electron chi connectivity index (χ1n) is 8.36. The fourth-order valence-electron chi connectivity index (χ4n) is 2.79. The Bertz CT molecular complexity index is 596. The molecule has 2 heterocycles. The van der Waals surface area contributed by atoms with Gasteiger partial charge in [-0.15, -0.1) is 10.2 Å². The van der Waals surface area contributed by atoms with Crippen LogP contribution in [-0.2, 0) is 4.74 Å². The summed E-state index contributed by atoms with van der Waals surface area (Å²) in [7, 11) is 0. The lowest BCUT2D eigenvalue weighted by Gasteiger charge is -2.27. The van der Waals surface area contributed by atoms with E-state index in [1.165, 1.54) is 19.3 Å². The zero-order valence-electron chi connectivity index (χ0n) is 13.6. The van der Waals surface area contributed by atoms with E-state index in [9.17, 15) is 0 Å². The van der Waals surface area contributed by atoms with Gasteiger partial charge in [-0.05, 0) is 38.3 Å². The Hall–Kier alpha value is -1.53. The first-order chi connectivity index (χ1) is 11.4. The third kappa shape index (κ3) is 4.06. The molecule has 1 aliphatic heterocycles. The van der Waals surface area contributed by atoms with Gasteiger partial charge in [0.2, 0.25) is 5.95 Å². The van der Waals surface area contributed by atoms with Gasteiger partial charge in [0.1, 0.15) is 0 Å². The highest BCUT2D eigenvalue weighted by atomic mass is 32.2. The van der Waals surface area contributed by atoms with Gasteiger partial charge in [0, 0.05) is 25.4 Å². The topological polar surface area (TPSA) is 43.2 Å². The fraction of sp³-hybridized carbons (Fsp3) is 0.529. The summed E-state index contributed by atoms with van der Waals surface area (Å²) in [5, 5.41) is 9.88. The average molecular weight is 332 g/mol. The number of hydrogen-bond donors (Lipinski definition) is 0. The van der Waals surface area contributed by atoms with Crippen LogP contribution in [0.1, 0.15) is 26.2 Å². The molecule has 1 saturated heterocycles. The summed E-state index contributed by atoms with van der Waals surface area (Å²) in [6, 6.07) is 10.4. The van der Waals surface area contributed by atoms with Crippen molar-refractivity contribution in [1.29, 1.82) is 0 Å². The molecule has 0 amide bonds. The zero-order valence-corrected chi connectivity index (χ0v) is 14.5. The van der Waals surface area contributed by atoms with E-state index >= 15 is 0 Å². The molecule has 124 valence electrons. The number of anilines is 1. The van der Waals surface area contributed by atoms with Crippen molar-refractivity contribution in [3.8, 4) is 5.69 Å². The summed E-state index contributed by atoms with van der Waals surface area (Å²) >= 11 is 1.70. The summed E-state index contributed by atoms with van der Waals surface area (Å²) in [5.74, 6) is 1.86. The number of para-hydroxylation sites is 1. The Balaban J connectivity index is 1.85. The van der Waals surface area contributed by atoms with Crippen LogP contribution in [0.3, 0.4) is 0 Å². The molecule has 1 aromatic carbocycles. The summed E-state index contributed by atoms with van der Waals surface area (Å²) < 4.78 is 7.62. The SMILES string of the molecule is CCOCCSc1nnc(N2CCCCC2)n1-c1ccccc1. The highest BCUT2D eigenvalue weighted by Gasteiger charge is 2.21. The van der Waals surface area contributed by atoms with Gasteiger partial charge >= 0.3 is 0 Å². The molecule has 0 saturated carbocycles. The van der Waals surface area contributed by atoms with Gasteiger partial charge in [-0.25, -0.2) is 0 Å². The molecular weight excluding hydrogens is 308 g/mol. The standard InChI is InChI=1S/C17H24N4OS/c1-2-22-13-14-23-17-19-18-16(20-11-7-4-8-12-20)21(17)15-9-5-3-6-10-15/h3,5-6,9-10H,2,4,7-8,11-14H2,1H3. The maximum Gasteiger partial charge on any atom is 0.232 e. The van der Waals surface area contributed by atoms with E-state index in [0.29, 0.717) is 0 Å². The van der Waals surface area contributed by atoms with Crippen molar-refractivity contribution < 1.29 is 4.74 Å². The number of hydrogen-bond acceptors (Lipinski definition) is 5. The molecule has 1 aromatic heterocycles. The number of rotatable bonds is 7. The summed E-state index contributed by atoms with van der Waals surface area (Å²) in [5.41, 5.74) is 1.12. The molecule has 0 spiro atoms. The van der Waals surface area contributed by atoms with Crippen molar-refractivity contribution in [2.45, 2.75) is 31.3 Å². The maximum atomic E-state index is 5.44. The molecule has 1 fully saturated rings. The predicted molar refractivity (Wildman–Crippen MR) is 94.6 cm³/mol. The lowest BCUT2D eigenvalue weighted by atomic mass is 10.1. The van der Waals surface area contributed by atoms with Gasteiger partial charge < -0.3 is 9.64 Å².